The maximum absolute atomic E-state index is 12.4. The SMILES string of the molecule is CCCCN(C)S(=O)(=O)c1c(Cl)nc2sccn12. The van der Waals surface area contributed by atoms with Crippen molar-refractivity contribution in [3.63, 3.8) is 0 Å². The number of unbranched alkanes of at least 4 members (excludes halogenated alkanes) is 1. The first kappa shape index (κ1) is 13.8. The Labute approximate surface area is 115 Å². The molecule has 0 saturated carbocycles. The van der Waals surface area contributed by atoms with Crippen molar-refractivity contribution in [3.05, 3.63) is 16.7 Å². The third-order valence-electron chi connectivity index (χ3n) is 2.66. The second-order valence-electron chi connectivity index (χ2n) is 3.94. The molecule has 0 bridgehead atoms. The van der Waals surface area contributed by atoms with Gasteiger partial charge in [-0.1, -0.05) is 24.9 Å². The molecule has 2 rings (SSSR count). The Morgan fingerprint density at radius 2 is 2.28 bits per heavy atom. The molecule has 0 unspecified atom stereocenters. The molecule has 18 heavy (non-hydrogen) atoms. The Morgan fingerprint density at radius 1 is 1.56 bits per heavy atom. The molecule has 0 fully saturated rings. The number of sulfonamides is 1. The predicted molar refractivity (Wildman–Crippen MR) is 72.8 cm³/mol. The molecule has 0 aliphatic carbocycles. The second kappa shape index (κ2) is 5.16. The molecule has 2 aromatic rings. The van der Waals surface area contributed by atoms with Gasteiger partial charge in [0.15, 0.2) is 15.1 Å². The van der Waals surface area contributed by atoms with Crippen LogP contribution in [-0.2, 0) is 10.0 Å². The van der Waals surface area contributed by atoms with E-state index in [1.54, 1.807) is 18.6 Å². The molecule has 0 atom stereocenters. The van der Waals surface area contributed by atoms with Crippen LogP contribution in [-0.4, -0.2) is 35.7 Å². The van der Waals surface area contributed by atoms with Crippen LogP contribution < -0.4 is 0 Å². The fourth-order valence-electron chi connectivity index (χ4n) is 1.62. The van der Waals surface area contributed by atoms with Crippen LogP contribution in [0.2, 0.25) is 5.15 Å². The van der Waals surface area contributed by atoms with E-state index in [1.165, 1.54) is 20.0 Å². The minimum absolute atomic E-state index is 0.0326. The highest BCUT2D eigenvalue weighted by Crippen LogP contribution is 2.27. The summed E-state index contributed by atoms with van der Waals surface area (Å²) in [5, 5.41) is 1.87. The lowest BCUT2D eigenvalue weighted by Gasteiger charge is -2.16. The van der Waals surface area contributed by atoms with Gasteiger partial charge in [0.05, 0.1) is 0 Å². The number of hydrogen-bond acceptors (Lipinski definition) is 4. The predicted octanol–water partition coefficient (Wildman–Crippen LogP) is 2.47. The maximum Gasteiger partial charge on any atom is 0.262 e. The normalized spacial score (nSPS) is 12.7. The zero-order valence-electron chi connectivity index (χ0n) is 10.1. The molecule has 0 radical (unpaired) electrons. The highest BCUT2D eigenvalue weighted by atomic mass is 35.5. The number of hydrogen-bond donors (Lipinski definition) is 0. The Kier molecular flexibility index (Phi) is 3.96. The van der Waals surface area contributed by atoms with Gasteiger partial charge in [-0.15, -0.1) is 11.3 Å². The zero-order chi connectivity index (χ0) is 13.3. The summed E-state index contributed by atoms with van der Waals surface area (Å²) in [6.45, 7) is 2.50. The minimum atomic E-state index is -3.59. The molecule has 0 aromatic carbocycles. The number of nitrogens with zero attached hydrogens (tertiary/aromatic N) is 3. The van der Waals surface area contributed by atoms with Gasteiger partial charge in [0.1, 0.15) is 0 Å². The highest BCUT2D eigenvalue weighted by molar-refractivity contribution is 7.89. The van der Waals surface area contributed by atoms with Crippen molar-refractivity contribution in [1.29, 1.82) is 0 Å². The van der Waals surface area contributed by atoms with E-state index in [4.69, 9.17) is 11.6 Å². The number of imidazole rings is 1. The number of rotatable bonds is 5. The third kappa shape index (κ3) is 2.27. The van der Waals surface area contributed by atoms with Crippen molar-refractivity contribution >= 4 is 37.9 Å². The van der Waals surface area contributed by atoms with E-state index in [2.05, 4.69) is 4.98 Å². The maximum atomic E-state index is 12.4. The molecule has 5 nitrogen and oxygen atoms in total. The number of aromatic nitrogens is 2. The zero-order valence-corrected chi connectivity index (χ0v) is 12.5. The van der Waals surface area contributed by atoms with Gasteiger partial charge in [-0.3, -0.25) is 4.40 Å². The van der Waals surface area contributed by atoms with Gasteiger partial charge < -0.3 is 0 Å². The van der Waals surface area contributed by atoms with Gasteiger partial charge >= 0.3 is 0 Å². The molecule has 8 heteroatoms. The Hall–Kier alpha value is -0.630. The first-order valence-electron chi connectivity index (χ1n) is 5.56. The molecule has 2 heterocycles. The lowest BCUT2D eigenvalue weighted by molar-refractivity contribution is 0.456. The number of thiazole rings is 1. The van der Waals surface area contributed by atoms with Crippen molar-refractivity contribution in [2.24, 2.45) is 0 Å². The van der Waals surface area contributed by atoms with E-state index in [9.17, 15) is 8.42 Å². The first-order valence-corrected chi connectivity index (χ1v) is 8.25. The fourth-order valence-corrected chi connectivity index (χ4v) is 4.22. The highest BCUT2D eigenvalue weighted by Gasteiger charge is 2.28. The molecule has 0 aliphatic rings. The largest absolute Gasteiger partial charge is 0.279 e. The minimum Gasteiger partial charge on any atom is -0.279 e. The van der Waals surface area contributed by atoms with Gasteiger partial charge in [-0.05, 0) is 6.42 Å². The summed E-state index contributed by atoms with van der Waals surface area (Å²) in [6, 6.07) is 0. The van der Waals surface area contributed by atoms with E-state index >= 15 is 0 Å². The summed E-state index contributed by atoms with van der Waals surface area (Å²) in [6.07, 6.45) is 3.42. The van der Waals surface area contributed by atoms with Gasteiger partial charge in [-0.2, -0.15) is 4.31 Å². The summed E-state index contributed by atoms with van der Waals surface area (Å²) in [7, 11) is -2.02. The van der Waals surface area contributed by atoms with E-state index < -0.39 is 10.0 Å². The topological polar surface area (TPSA) is 54.7 Å². The molecule has 0 amide bonds. The lowest BCUT2D eigenvalue weighted by atomic mass is 10.3. The van der Waals surface area contributed by atoms with Gasteiger partial charge in [0.2, 0.25) is 0 Å². The summed E-state index contributed by atoms with van der Waals surface area (Å²) >= 11 is 7.29. The molecule has 0 N–H and O–H groups in total. The van der Waals surface area contributed by atoms with E-state index in [0.29, 0.717) is 11.5 Å². The van der Waals surface area contributed by atoms with Crippen LogP contribution in [0.4, 0.5) is 0 Å². The summed E-state index contributed by atoms with van der Waals surface area (Å²) in [5.41, 5.74) is 0. The van der Waals surface area contributed by atoms with Crippen molar-refractivity contribution < 1.29 is 8.42 Å². The lowest BCUT2D eigenvalue weighted by Crippen LogP contribution is -2.29. The average molecular weight is 308 g/mol. The number of halogens is 1. The van der Waals surface area contributed by atoms with Crippen LogP contribution in [0.25, 0.3) is 4.96 Å². The van der Waals surface area contributed by atoms with Gasteiger partial charge in [0.25, 0.3) is 10.0 Å². The fraction of sp³-hybridized carbons (Fsp3) is 0.500. The standard InChI is InChI=1S/C10H14ClN3O2S2/c1-3-4-5-13(2)18(15,16)9-8(11)12-10-14(9)6-7-17-10/h6-7H,3-5H2,1-2H3. The molecular formula is C10H14ClN3O2S2. The second-order valence-corrected chi connectivity index (χ2v) is 7.13. The van der Waals surface area contributed by atoms with Crippen LogP contribution in [0.1, 0.15) is 19.8 Å². The molecule has 2 aromatic heterocycles. The first-order chi connectivity index (χ1) is 8.48. The smallest absolute Gasteiger partial charge is 0.262 e. The van der Waals surface area contributed by atoms with Crippen LogP contribution in [0.5, 0.6) is 0 Å². The van der Waals surface area contributed by atoms with Crippen LogP contribution >= 0.6 is 22.9 Å². The molecule has 0 spiro atoms. The van der Waals surface area contributed by atoms with Crippen LogP contribution in [0.3, 0.4) is 0 Å². The van der Waals surface area contributed by atoms with Crippen molar-refractivity contribution in [1.82, 2.24) is 13.7 Å². The van der Waals surface area contributed by atoms with Crippen LogP contribution in [0, 0.1) is 0 Å². The van der Waals surface area contributed by atoms with Crippen molar-refractivity contribution in [3.8, 4) is 0 Å². The van der Waals surface area contributed by atoms with Crippen molar-refractivity contribution in [2.75, 3.05) is 13.6 Å². The quantitative estimate of drug-likeness (QED) is 0.852. The van der Waals surface area contributed by atoms with Crippen LogP contribution in [0.15, 0.2) is 16.6 Å². The van der Waals surface area contributed by atoms with Gasteiger partial charge in [0, 0.05) is 25.2 Å². The van der Waals surface area contributed by atoms with Gasteiger partial charge in [-0.25, -0.2) is 13.4 Å². The summed E-state index contributed by atoms with van der Waals surface area (Å²) in [5.74, 6) is 0. The van der Waals surface area contributed by atoms with Crippen molar-refractivity contribution in [2.45, 2.75) is 24.8 Å². The molecular weight excluding hydrogens is 294 g/mol. The Balaban J connectivity index is 2.46. The Bertz CT molecular complexity index is 647. The van der Waals surface area contributed by atoms with E-state index in [1.807, 2.05) is 6.92 Å². The van der Waals surface area contributed by atoms with E-state index in [0.717, 1.165) is 12.8 Å². The molecule has 100 valence electrons. The average Bonchev–Trinajstić information content (AvgIpc) is 2.84. The molecule has 0 saturated heterocycles. The summed E-state index contributed by atoms with van der Waals surface area (Å²) in [4.78, 5) is 4.63. The monoisotopic (exact) mass is 307 g/mol. The third-order valence-corrected chi connectivity index (χ3v) is 5.67. The number of fused-ring (bicyclic) bond motifs is 1. The molecule has 0 aliphatic heterocycles. The summed E-state index contributed by atoms with van der Waals surface area (Å²) < 4.78 is 27.7. The Morgan fingerprint density at radius 3 is 2.94 bits per heavy atom. The van der Waals surface area contributed by atoms with E-state index in [-0.39, 0.29) is 10.2 Å².